The molecule has 0 bridgehead atoms. The molecule has 0 aliphatic rings. The first kappa shape index (κ1) is 64.6. The maximum atomic E-state index is 14.4. The largest absolute Gasteiger partial charge is 0.457 e. The van der Waals surface area contributed by atoms with E-state index < -0.39 is 47.8 Å². The third-order valence-electron chi connectivity index (χ3n) is 15.3. The van der Waals surface area contributed by atoms with Gasteiger partial charge in [-0.05, 0) is 215 Å². The van der Waals surface area contributed by atoms with Crippen molar-refractivity contribution in [2.45, 2.75) is 13.8 Å². The SMILES string of the molecule is C=C(C)C(=O)OCOc1ccc(C(=O)Oc2ccc(C(=O)Oc3ccc4cc(C(=O)Oc5ccc6ccccc6c5-c5c(OC(=O)c6ccc7cc(OC(=O)c8ccc(OC(=O)c9ccc(OCOC(=O)C(=C)C)cc9)cc8)ccc7c6)ccc6ccccc56)ccc4c3)cc2)cc1. The van der Waals surface area contributed by atoms with Crippen LogP contribution >= 0.6 is 0 Å². The number of benzene rings is 12. The molecule has 0 radical (unpaired) electrons. The summed E-state index contributed by atoms with van der Waals surface area (Å²) in [7, 11) is 0. The molecule has 0 heterocycles. The highest BCUT2D eigenvalue weighted by molar-refractivity contribution is 6.12. The van der Waals surface area contributed by atoms with E-state index in [1.54, 1.807) is 84.9 Å². The molecule has 0 saturated carbocycles. The molecule has 18 heteroatoms. The lowest BCUT2D eigenvalue weighted by atomic mass is 9.92. The maximum Gasteiger partial charge on any atom is 0.343 e. The lowest BCUT2D eigenvalue weighted by Gasteiger charge is -2.19. The molecule has 0 aromatic heterocycles. The second kappa shape index (κ2) is 28.8. The third kappa shape index (κ3) is 15.1. The van der Waals surface area contributed by atoms with Gasteiger partial charge in [-0.25, -0.2) is 38.4 Å². The fraction of sp³-hybridized carbons (Fsp3) is 0.0500. The highest BCUT2D eigenvalue weighted by atomic mass is 16.7. The van der Waals surface area contributed by atoms with Crippen molar-refractivity contribution in [2.75, 3.05) is 13.6 Å². The summed E-state index contributed by atoms with van der Waals surface area (Å²) >= 11 is 0. The van der Waals surface area contributed by atoms with Crippen LogP contribution in [0.3, 0.4) is 0 Å². The molecule has 0 saturated heterocycles. The second-order valence-electron chi connectivity index (χ2n) is 22.2. The van der Waals surface area contributed by atoms with Gasteiger partial charge < -0.3 is 47.4 Å². The number of hydrogen-bond donors (Lipinski definition) is 0. The first-order valence-corrected chi connectivity index (χ1v) is 30.2. The van der Waals surface area contributed by atoms with Crippen molar-refractivity contribution in [3.63, 3.8) is 0 Å². The molecule has 0 N–H and O–H groups in total. The Hall–Kier alpha value is -13.5. The van der Waals surface area contributed by atoms with Gasteiger partial charge in [0.25, 0.3) is 0 Å². The molecule has 18 nitrogen and oxygen atoms in total. The number of carbonyl (C=O) groups is 8. The zero-order valence-electron chi connectivity index (χ0n) is 52.3. The lowest BCUT2D eigenvalue weighted by molar-refractivity contribution is -0.146. The molecule has 0 spiro atoms. The topological polar surface area (TPSA) is 229 Å². The predicted molar refractivity (Wildman–Crippen MR) is 363 cm³/mol. The second-order valence-corrected chi connectivity index (χ2v) is 22.2. The number of carbonyl (C=O) groups excluding carboxylic acids is 8. The van der Waals surface area contributed by atoms with Crippen molar-refractivity contribution in [2.24, 2.45) is 0 Å². The first-order valence-electron chi connectivity index (χ1n) is 30.2. The Labute approximate surface area is 558 Å². The fourth-order valence-corrected chi connectivity index (χ4v) is 10.2. The summed E-state index contributed by atoms with van der Waals surface area (Å²) in [5.74, 6) is -3.22. The van der Waals surface area contributed by atoms with Crippen LogP contribution in [0.25, 0.3) is 54.2 Å². The van der Waals surface area contributed by atoms with Gasteiger partial charge in [-0.15, -0.1) is 0 Å². The van der Waals surface area contributed by atoms with Gasteiger partial charge in [-0.3, -0.25) is 0 Å². The standard InChI is InChI=1S/C80H54O18/c1-47(2)73(81)91-45-89-61-29-17-51(18-30-61)75(83)93-63-33-21-53(22-34-63)77(85)95-65-37-25-55-41-59(15-13-57(55)43-65)79(87)97-69-39-27-49-9-5-7-11-67(49)71(69)72-68-12-8-6-10-50(68)28-40-70(72)98-80(88)60-16-14-58-44-66(38-26-56(58)42-60)96-78(86)54-23-35-64(36-24-54)94-76(84)52-19-31-62(32-20-52)90-46-92-74(82)48(3)4/h5-44H,1,3,45-46H2,2,4H3. The number of hydrogen-bond acceptors (Lipinski definition) is 18. The minimum absolute atomic E-state index is 0.183. The molecule has 0 unspecified atom stereocenters. The average Bonchev–Trinajstić information content (AvgIpc) is 0.750. The smallest absolute Gasteiger partial charge is 0.343 e. The highest BCUT2D eigenvalue weighted by Gasteiger charge is 2.25. The number of ether oxygens (including phenoxy) is 10. The Balaban J connectivity index is 0.696. The van der Waals surface area contributed by atoms with Gasteiger partial charge in [0.05, 0.1) is 33.4 Å². The molecule has 12 aromatic rings. The summed E-state index contributed by atoms with van der Waals surface area (Å²) in [4.78, 5) is 104. The van der Waals surface area contributed by atoms with Crippen LogP contribution in [0.1, 0.15) is 76.0 Å². The van der Waals surface area contributed by atoms with E-state index >= 15 is 0 Å². The molecular formula is C80H54O18. The van der Waals surface area contributed by atoms with Crippen molar-refractivity contribution < 1.29 is 85.7 Å². The highest BCUT2D eigenvalue weighted by Crippen LogP contribution is 2.46. The molecule has 0 aliphatic carbocycles. The molecular weight excluding hydrogens is 1250 g/mol. The van der Waals surface area contributed by atoms with Crippen LogP contribution in [-0.4, -0.2) is 61.3 Å². The fourth-order valence-electron chi connectivity index (χ4n) is 10.2. The van der Waals surface area contributed by atoms with Crippen molar-refractivity contribution in [3.8, 4) is 57.1 Å². The summed E-state index contributed by atoms with van der Waals surface area (Å²) in [5, 5.41) is 5.70. The molecule has 0 amide bonds. The van der Waals surface area contributed by atoms with Gasteiger partial charge >= 0.3 is 47.8 Å². The van der Waals surface area contributed by atoms with Crippen LogP contribution in [0.2, 0.25) is 0 Å². The molecule has 12 rings (SSSR count). The van der Waals surface area contributed by atoms with Crippen LogP contribution in [0.5, 0.6) is 46.0 Å². The maximum absolute atomic E-state index is 14.4. The van der Waals surface area contributed by atoms with E-state index in [0.717, 1.165) is 10.8 Å². The Bertz CT molecular complexity index is 4860. The number of esters is 8. The van der Waals surface area contributed by atoms with Crippen molar-refractivity contribution >= 4 is 90.8 Å². The van der Waals surface area contributed by atoms with Gasteiger partial charge in [-0.1, -0.05) is 98.1 Å². The third-order valence-corrected chi connectivity index (χ3v) is 15.3. The van der Waals surface area contributed by atoms with Crippen LogP contribution in [0.15, 0.2) is 267 Å². The Kier molecular flexibility index (Phi) is 19.0. The number of fused-ring (bicyclic) bond motifs is 4. The Morgan fingerprint density at radius 3 is 0.908 bits per heavy atom. The van der Waals surface area contributed by atoms with Crippen LogP contribution in [-0.2, 0) is 19.1 Å². The molecule has 98 heavy (non-hydrogen) atoms. The lowest BCUT2D eigenvalue weighted by Crippen LogP contribution is -2.11. The molecule has 0 aliphatic heterocycles. The zero-order chi connectivity index (χ0) is 68.4. The molecule has 12 aromatic carbocycles. The number of rotatable bonds is 21. The zero-order valence-corrected chi connectivity index (χ0v) is 52.3. The van der Waals surface area contributed by atoms with Crippen molar-refractivity contribution in [1.82, 2.24) is 0 Å². The van der Waals surface area contributed by atoms with Gasteiger partial charge in [0.2, 0.25) is 13.6 Å². The van der Waals surface area contributed by atoms with E-state index in [1.807, 2.05) is 60.7 Å². The quantitative estimate of drug-likeness (QED) is 0.0282. The Morgan fingerprint density at radius 1 is 0.276 bits per heavy atom. The van der Waals surface area contributed by atoms with Gasteiger partial charge in [0.15, 0.2) is 0 Å². The van der Waals surface area contributed by atoms with E-state index in [0.29, 0.717) is 54.9 Å². The van der Waals surface area contributed by atoms with Crippen molar-refractivity contribution in [3.05, 3.63) is 300 Å². The van der Waals surface area contributed by atoms with E-state index in [4.69, 9.17) is 47.4 Å². The van der Waals surface area contributed by atoms with Crippen LogP contribution in [0.4, 0.5) is 0 Å². The normalized spacial score (nSPS) is 10.8. The summed E-state index contributed by atoms with van der Waals surface area (Å²) in [6.45, 7) is 9.40. The molecule has 0 atom stereocenters. The van der Waals surface area contributed by atoms with E-state index in [9.17, 15) is 38.4 Å². The summed E-state index contributed by atoms with van der Waals surface area (Å²) in [5.41, 5.74) is 2.75. The monoisotopic (exact) mass is 1300 g/mol. The first-order chi connectivity index (χ1) is 47.5. The van der Waals surface area contributed by atoms with E-state index in [-0.39, 0.29) is 92.6 Å². The van der Waals surface area contributed by atoms with Crippen LogP contribution in [0, 0.1) is 0 Å². The predicted octanol–water partition coefficient (Wildman–Crippen LogP) is 16.2. The average molecular weight is 1300 g/mol. The minimum atomic E-state index is -0.672. The summed E-state index contributed by atoms with van der Waals surface area (Å²) in [6, 6.07) is 66.0. The van der Waals surface area contributed by atoms with E-state index in [1.165, 1.54) is 111 Å². The summed E-state index contributed by atoms with van der Waals surface area (Å²) in [6.07, 6.45) is 0. The minimum Gasteiger partial charge on any atom is -0.457 e. The van der Waals surface area contributed by atoms with Crippen LogP contribution < -0.4 is 37.9 Å². The molecule has 0 fully saturated rings. The Morgan fingerprint density at radius 2 is 0.551 bits per heavy atom. The van der Waals surface area contributed by atoms with Crippen molar-refractivity contribution in [1.29, 1.82) is 0 Å². The van der Waals surface area contributed by atoms with Gasteiger partial charge in [0, 0.05) is 22.3 Å². The molecule has 482 valence electrons. The van der Waals surface area contributed by atoms with E-state index in [2.05, 4.69) is 13.2 Å². The summed E-state index contributed by atoms with van der Waals surface area (Å²) < 4.78 is 55.7. The van der Waals surface area contributed by atoms with Gasteiger partial charge in [0.1, 0.15) is 46.0 Å². The van der Waals surface area contributed by atoms with Gasteiger partial charge in [-0.2, -0.15) is 0 Å².